The average molecular weight is 387 g/mol. The number of nitrogens with zero attached hydrogens (tertiary/aromatic N) is 3. The Bertz CT molecular complexity index is 649. The Morgan fingerprint density at radius 3 is 2.74 bits per heavy atom. The van der Waals surface area contributed by atoms with E-state index in [0.717, 1.165) is 9.26 Å². The van der Waals surface area contributed by atoms with Crippen LogP contribution in [0.1, 0.15) is 21.6 Å². The summed E-state index contributed by atoms with van der Waals surface area (Å²) in [7, 11) is 0. The van der Waals surface area contributed by atoms with E-state index in [4.69, 9.17) is 0 Å². The SMILES string of the molecule is Cc1cc(C)c(C(=O)O)c(Sc2ncncc2I)n1. The molecule has 0 bridgehead atoms. The third-order valence-corrected chi connectivity index (χ3v) is 4.52. The van der Waals surface area contributed by atoms with E-state index in [0.29, 0.717) is 15.6 Å². The smallest absolute Gasteiger partial charge is 0.338 e. The van der Waals surface area contributed by atoms with E-state index < -0.39 is 5.97 Å². The lowest BCUT2D eigenvalue weighted by Gasteiger charge is -2.09. The number of carboxylic acids is 1. The Kier molecular flexibility index (Phi) is 4.35. The molecule has 7 heteroatoms. The van der Waals surface area contributed by atoms with Crippen molar-refractivity contribution in [3.63, 3.8) is 0 Å². The summed E-state index contributed by atoms with van der Waals surface area (Å²) in [6.07, 6.45) is 3.12. The second kappa shape index (κ2) is 5.83. The molecule has 2 aromatic rings. The van der Waals surface area contributed by atoms with Crippen LogP contribution in [0.5, 0.6) is 0 Å². The van der Waals surface area contributed by atoms with Gasteiger partial charge in [0, 0.05) is 11.9 Å². The van der Waals surface area contributed by atoms with Crippen molar-refractivity contribution < 1.29 is 9.90 Å². The van der Waals surface area contributed by atoms with Gasteiger partial charge < -0.3 is 5.11 Å². The number of aromatic carboxylic acids is 1. The van der Waals surface area contributed by atoms with Gasteiger partial charge in [0.2, 0.25) is 0 Å². The van der Waals surface area contributed by atoms with Crippen molar-refractivity contribution in [2.24, 2.45) is 0 Å². The second-order valence-electron chi connectivity index (χ2n) is 3.84. The monoisotopic (exact) mass is 387 g/mol. The number of carbonyl (C=O) groups is 1. The van der Waals surface area contributed by atoms with Gasteiger partial charge in [0.1, 0.15) is 16.4 Å². The number of halogens is 1. The van der Waals surface area contributed by atoms with E-state index in [9.17, 15) is 9.90 Å². The van der Waals surface area contributed by atoms with Gasteiger partial charge in [-0.25, -0.2) is 19.7 Å². The van der Waals surface area contributed by atoms with Gasteiger partial charge in [0.25, 0.3) is 0 Å². The number of hydrogen-bond donors (Lipinski definition) is 1. The molecule has 0 radical (unpaired) electrons. The molecule has 0 aliphatic heterocycles. The summed E-state index contributed by atoms with van der Waals surface area (Å²) in [4.78, 5) is 23.7. The van der Waals surface area contributed by atoms with Crippen molar-refractivity contribution in [3.05, 3.63) is 39.0 Å². The van der Waals surface area contributed by atoms with Crippen LogP contribution >= 0.6 is 34.4 Å². The first-order valence-corrected chi connectivity index (χ1v) is 7.23. The quantitative estimate of drug-likeness (QED) is 0.645. The summed E-state index contributed by atoms with van der Waals surface area (Å²) in [6, 6.07) is 1.76. The maximum atomic E-state index is 11.3. The lowest BCUT2D eigenvalue weighted by atomic mass is 10.1. The Morgan fingerprint density at radius 2 is 2.11 bits per heavy atom. The predicted molar refractivity (Wildman–Crippen MR) is 79.5 cm³/mol. The van der Waals surface area contributed by atoms with Crippen molar-refractivity contribution in [2.75, 3.05) is 0 Å². The fraction of sp³-hybridized carbons (Fsp3) is 0.167. The Labute approximate surface area is 128 Å². The molecule has 0 atom stereocenters. The molecule has 98 valence electrons. The maximum absolute atomic E-state index is 11.3. The first kappa shape index (κ1) is 14.2. The van der Waals surface area contributed by atoms with Gasteiger partial charge in [-0.1, -0.05) is 0 Å². The summed E-state index contributed by atoms with van der Waals surface area (Å²) in [5.41, 5.74) is 1.71. The highest BCUT2D eigenvalue weighted by Crippen LogP contribution is 2.31. The van der Waals surface area contributed by atoms with Crippen LogP contribution in [0.2, 0.25) is 0 Å². The van der Waals surface area contributed by atoms with Gasteiger partial charge in [-0.05, 0) is 59.8 Å². The number of hydrogen-bond acceptors (Lipinski definition) is 5. The third kappa shape index (κ3) is 3.21. The van der Waals surface area contributed by atoms with Crippen LogP contribution in [0.15, 0.2) is 28.6 Å². The van der Waals surface area contributed by atoms with Gasteiger partial charge in [0.05, 0.1) is 9.13 Å². The highest BCUT2D eigenvalue weighted by atomic mass is 127. The Morgan fingerprint density at radius 1 is 1.37 bits per heavy atom. The molecular formula is C12H10IN3O2S. The summed E-state index contributed by atoms with van der Waals surface area (Å²) in [5.74, 6) is -0.975. The summed E-state index contributed by atoms with van der Waals surface area (Å²) >= 11 is 3.36. The van der Waals surface area contributed by atoms with Gasteiger partial charge in [-0.3, -0.25) is 0 Å². The molecule has 0 aromatic carbocycles. The third-order valence-electron chi connectivity index (χ3n) is 2.35. The highest BCUT2D eigenvalue weighted by molar-refractivity contribution is 14.1. The zero-order chi connectivity index (χ0) is 14.0. The summed E-state index contributed by atoms with van der Waals surface area (Å²) in [6.45, 7) is 3.61. The van der Waals surface area contributed by atoms with Crippen molar-refractivity contribution >= 4 is 40.3 Å². The molecule has 1 N–H and O–H groups in total. The molecule has 0 saturated carbocycles. The van der Waals surface area contributed by atoms with Crippen LogP contribution in [0.25, 0.3) is 0 Å². The standard InChI is InChI=1S/C12H10IN3O2S/c1-6-3-7(2)16-11(9(6)12(17)18)19-10-8(13)4-14-5-15-10/h3-5H,1-2H3,(H,17,18). The normalized spacial score (nSPS) is 10.5. The lowest BCUT2D eigenvalue weighted by molar-refractivity contribution is 0.0691. The number of carboxylic acid groups (broad SMARTS) is 1. The molecule has 0 fully saturated rings. The Balaban J connectivity index is 2.51. The topological polar surface area (TPSA) is 76.0 Å². The molecule has 0 saturated heterocycles. The van der Waals surface area contributed by atoms with Gasteiger partial charge in [0.15, 0.2) is 0 Å². The molecular weight excluding hydrogens is 377 g/mol. The highest BCUT2D eigenvalue weighted by Gasteiger charge is 2.18. The maximum Gasteiger partial charge on any atom is 0.338 e. The van der Waals surface area contributed by atoms with Crippen LogP contribution in [0, 0.1) is 17.4 Å². The number of aryl methyl sites for hydroxylation is 2. The van der Waals surface area contributed by atoms with Gasteiger partial charge in [-0.2, -0.15) is 0 Å². The minimum atomic E-state index is -0.975. The molecule has 0 spiro atoms. The van der Waals surface area contributed by atoms with E-state index in [1.807, 2.05) is 6.92 Å². The van der Waals surface area contributed by atoms with E-state index in [1.165, 1.54) is 18.1 Å². The second-order valence-corrected chi connectivity index (χ2v) is 5.98. The molecule has 2 heterocycles. The van der Waals surface area contributed by atoms with Crippen molar-refractivity contribution in [1.82, 2.24) is 15.0 Å². The van der Waals surface area contributed by atoms with Crippen molar-refractivity contribution in [1.29, 1.82) is 0 Å². The van der Waals surface area contributed by atoms with Gasteiger partial charge >= 0.3 is 5.97 Å². The van der Waals surface area contributed by atoms with E-state index >= 15 is 0 Å². The average Bonchev–Trinajstić information content (AvgIpc) is 2.30. The van der Waals surface area contributed by atoms with E-state index in [2.05, 4.69) is 37.5 Å². The van der Waals surface area contributed by atoms with Crippen molar-refractivity contribution in [3.8, 4) is 0 Å². The van der Waals surface area contributed by atoms with Crippen LogP contribution < -0.4 is 0 Å². The summed E-state index contributed by atoms with van der Waals surface area (Å²) < 4.78 is 0.863. The number of aromatic nitrogens is 3. The van der Waals surface area contributed by atoms with E-state index in [-0.39, 0.29) is 5.56 Å². The van der Waals surface area contributed by atoms with Crippen LogP contribution in [-0.4, -0.2) is 26.0 Å². The van der Waals surface area contributed by atoms with Crippen LogP contribution in [0.4, 0.5) is 0 Å². The molecule has 0 aliphatic carbocycles. The fourth-order valence-corrected chi connectivity index (χ4v) is 3.21. The lowest BCUT2D eigenvalue weighted by Crippen LogP contribution is -2.05. The van der Waals surface area contributed by atoms with Crippen molar-refractivity contribution in [2.45, 2.75) is 23.9 Å². The van der Waals surface area contributed by atoms with Crippen LogP contribution in [-0.2, 0) is 0 Å². The zero-order valence-corrected chi connectivity index (χ0v) is 13.2. The molecule has 0 amide bonds. The predicted octanol–water partition coefficient (Wildman–Crippen LogP) is 2.94. The molecule has 0 unspecified atom stereocenters. The molecule has 2 aromatic heterocycles. The number of rotatable bonds is 3. The van der Waals surface area contributed by atoms with Crippen LogP contribution in [0.3, 0.4) is 0 Å². The van der Waals surface area contributed by atoms with E-state index in [1.54, 1.807) is 19.2 Å². The van der Waals surface area contributed by atoms with Gasteiger partial charge in [-0.15, -0.1) is 0 Å². The number of pyridine rings is 1. The summed E-state index contributed by atoms with van der Waals surface area (Å²) in [5, 5.41) is 10.5. The first-order valence-electron chi connectivity index (χ1n) is 5.34. The Hall–Kier alpha value is -1.22. The largest absolute Gasteiger partial charge is 0.478 e. The minimum absolute atomic E-state index is 0.227. The fourth-order valence-electron chi connectivity index (χ4n) is 1.60. The molecule has 2 rings (SSSR count). The molecule has 5 nitrogen and oxygen atoms in total. The zero-order valence-electron chi connectivity index (χ0n) is 10.2. The molecule has 0 aliphatic rings. The first-order chi connectivity index (χ1) is 8.99. The minimum Gasteiger partial charge on any atom is -0.478 e. The molecule has 19 heavy (non-hydrogen) atoms.